The topological polar surface area (TPSA) is 53.1 Å². The summed E-state index contributed by atoms with van der Waals surface area (Å²) >= 11 is 0. The van der Waals surface area contributed by atoms with Crippen LogP contribution in [0.3, 0.4) is 0 Å². The second-order valence-corrected chi connectivity index (χ2v) is 3.16. The zero-order valence-electron chi connectivity index (χ0n) is 7.66. The quantitative estimate of drug-likeness (QED) is 0.742. The largest absolute Gasteiger partial charge is 0.396 e. The number of aliphatic hydroxyl groups is 1. The van der Waals surface area contributed by atoms with E-state index in [1.165, 1.54) is 0 Å². The average Bonchev–Trinajstić information content (AvgIpc) is 2.23. The number of aromatic amines is 1. The smallest absolute Gasteiger partial charge is 0.192 e. The summed E-state index contributed by atoms with van der Waals surface area (Å²) in [6.07, 6.45) is 2.07. The second-order valence-electron chi connectivity index (χ2n) is 3.16. The van der Waals surface area contributed by atoms with Crippen LogP contribution in [-0.2, 0) is 6.42 Å². The fourth-order valence-electron chi connectivity index (χ4n) is 1.52. The van der Waals surface area contributed by atoms with Crippen molar-refractivity contribution < 1.29 is 5.11 Å². The van der Waals surface area contributed by atoms with Crippen LogP contribution in [0.2, 0.25) is 0 Å². The molecule has 0 saturated carbocycles. The highest BCUT2D eigenvalue weighted by molar-refractivity contribution is 5.78. The van der Waals surface area contributed by atoms with Crippen molar-refractivity contribution in [2.45, 2.75) is 6.42 Å². The summed E-state index contributed by atoms with van der Waals surface area (Å²) in [5.41, 5.74) is 1.47. The van der Waals surface area contributed by atoms with Crippen LogP contribution in [0.25, 0.3) is 10.9 Å². The average molecular weight is 189 g/mol. The molecule has 0 spiro atoms. The Bertz CT molecular complexity index is 502. The van der Waals surface area contributed by atoms with E-state index < -0.39 is 0 Å². The molecule has 0 radical (unpaired) electrons. The van der Waals surface area contributed by atoms with E-state index in [-0.39, 0.29) is 12.0 Å². The molecule has 0 fully saturated rings. The predicted molar refractivity (Wildman–Crippen MR) is 55.4 cm³/mol. The van der Waals surface area contributed by atoms with Crippen molar-refractivity contribution in [2.75, 3.05) is 6.61 Å². The molecule has 2 aromatic rings. The van der Waals surface area contributed by atoms with Gasteiger partial charge in [0, 0.05) is 35.7 Å². The lowest BCUT2D eigenvalue weighted by molar-refractivity contribution is 0.299. The third-order valence-corrected chi connectivity index (χ3v) is 2.25. The fraction of sp³-hybridized carbons (Fsp3) is 0.182. The van der Waals surface area contributed by atoms with E-state index in [0.29, 0.717) is 17.4 Å². The third-order valence-electron chi connectivity index (χ3n) is 2.25. The van der Waals surface area contributed by atoms with Crippen LogP contribution in [0.15, 0.2) is 35.3 Å². The number of benzene rings is 1. The molecule has 14 heavy (non-hydrogen) atoms. The van der Waals surface area contributed by atoms with Crippen molar-refractivity contribution in [1.82, 2.24) is 4.98 Å². The van der Waals surface area contributed by atoms with Gasteiger partial charge in [0.1, 0.15) is 0 Å². The highest BCUT2D eigenvalue weighted by Gasteiger charge is 2.02. The molecule has 0 amide bonds. The number of H-pyrrole nitrogens is 1. The molecule has 1 aromatic carbocycles. The number of nitrogens with one attached hydrogen (secondary N) is 1. The van der Waals surface area contributed by atoms with Gasteiger partial charge < -0.3 is 10.1 Å². The van der Waals surface area contributed by atoms with Crippen molar-refractivity contribution in [3.8, 4) is 0 Å². The van der Waals surface area contributed by atoms with Crippen LogP contribution in [0.4, 0.5) is 0 Å². The SMILES string of the molecule is O=c1c(CCO)c[nH]c2ccccc12. The summed E-state index contributed by atoms with van der Waals surface area (Å²) in [6, 6.07) is 7.36. The molecule has 3 heteroatoms. The Hall–Kier alpha value is -1.61. The lowest BCUT2D eigenvalue weighted by atomic mass is 10.1. The third kappa shape index (κ3) is 1.42. The molecule has 0 atom stereocenters. The van der Waals surface area contributed by atoms with E-state index in [9.17, 15) is 4.79 Å². The Balaban J connectivity index is 2.69. The lowest BCUT2D eigenvalue weighted by Gasteiger charge is -2.00. The van der Waals surface area contributed by atoms with E-state index in [0.717, 1.165) is 5.52 Å². The van der Waals surface area contributed by atoms with Crippen LogP contribution in [0.1, 0.15) is 5.56 Å². The summed E-state index contributed by atoms with van der Waals surface area (Å²) in [4.78, 5) is 14.8. The first-order valence-electron chi connectivity index (χ1n) is 4.53. The minimum absolute atomic E-state index is 0.00141. The van der Waals surface area contributed by atoms with Crippen molar-refractivity contribution in [3.63, 3.8) is 0 Å². The number of pyridine rings is 1. The maximum Gasteiger partial charge on any atom is 0.192 e. The first-order valence-corrected chi connectivity index (χ1v) is 4.53. The molecule has 2 rings (SSSR count). The van der Waals surface area contributed by atoms with E-state index in [4.69, 9.17) is 5.11 Å². The minimum atomic E-state index is 0.00141. The van der Waals surface area contributed by atoms with Gasteiger partial charge >= 0.3 is 0 Å². The van der Waals surface area contributed by atoms with E-state index >= 15 is 0 Å². The first-order chi connectivity index (χ1) is 6.83. The van der Waals surface area contributed by atoms with Crippen molar-refractivity contribution in [2.24, 2.45) is 0 Å². The molecule has 1 heterocycles. The Kier molecular flexibility index (Phi) is 2.33. The number of aromatic nitrogens is 1. The minimum Gasteiger partial charge on any atom is -0.396 e. The molecule has 0 bridgehead atoms. The Labute approximate surface area is 81.0 Å². The monoisotopic (exact) mass is 189 g/mol. The highest BCUT2D eigenvalue weighted by Crippen LogP contribution is 2.06. The van der Waals surface area contributed by atoms with Gasteiger partial charge in [-0.25, -0.2) is 0 Å². The van der Waals surface area contributed by atoms with Crippen LogP contribution in [0, 0.1) is 0 Å². The van der Waals surface area contributed by atoms with Crippen molar-refractivity contribution in [3.05, 3.63) is 46.2 Å². The first kappa shape index (κ1) is 8.97. The van der Waals surface area contributed by atoms with Crippen LogP contribution >= 0.6 is 0 Å². The van der Waals surface area contributed by atoms with Gasteiger partial charge in [-0.3, -0.25) is 4.79 Å². The molecule has 0 aliphatic carbocycles. The van der Waals surface area contributed by atoms with Gasteiger partial charge in [0.15, 0.2) is 5.43 Å². The second kappa shape index (κ2) is 3.64. The van der Waals surface area contributed by atoms with Crippen LogP contribution in [0.5, 0.6) is 0 Å². The molecular formula is C11H11NO2. The molecule has 72 valence electrons. The van der Waals surface area contributed by atoms with E-state index in [1.807, 2.05) is 18.2 Å². The zero-order chi connectivity index (χ0) is 9.97. The van der Waals surface area contributed by atoms with E-state index in [2.05, 4.69) is 4.98 Å². The summed E-state index contributed by atoms with van der Waals surface area (Å²) in [6.45, 7) is 0.00141. The molecular weight excluding hydrogens is 178 g/mol. The summed E-state index contributed by atoms with van der Waals surface area (Å²) in [5.74, 6) is 0. The van der Waals surface area contributed by atoms with Crippen LogP contribution < -0.4 is 5.43 Å². The Morgan fingerprint density at radius 2 is 2.07 bits per heavy atom. The molecule has 0 aliphatic heterocycles. The molecule has 3 nitrogen and oxygen atoms in total. The molecule has 0 unspecified atom stereocenters. The van der Waals surface area contributed by atoms with Gasteiger partial charge in [-0.1, -0.05) is 12.1 Å². The summed E-state index contributed by atoms with van der Waals surface area (Å²) in [5, 5.41) is 9.44. The molecule has 2 N–H and O–H groups in total. The number of hydrogen-bond acceptors (Lipinski definition) is 2. The number of rotatable bonds is 2. The summed E-state index contributed by atoms with van der Waals surface area (Å²) in [7, 11) is 0. The molecule has 1 aromatic heterocycles. The van der Waals surface area contributed by atoms with E-state index in [1.54, 1.807) is 12.3 Å². The zero-order valence-corrected chi connectivity index (χ0v) is 7.66. The van der Waals surface area contributed by atoms with Crippen LogP contribution in [-0.4, -0.2) is 16.7 Å². The van der Waals surface area contributed by atoms with Crippen molar-refractivity contribution in [1.29, 1.82) is 0 Å². The highest BCUT2D eigenvalue weighted by atomic mass is 16.3. The molecule has 0 saturated heterocycles. The van der Waals surface area contributed by atoms with Gasteiger partial charge in [0.05, 0.1) is 0 Å². The normalized spacial score (nSPS) is 10.6. The maximum atomic E-state index is 11.8. The van der Waals surface area contributed by atoms with Gasteiger partial charge in [0.2, 0.25) is 0 Å². The molecule has 0 aliphatic rings. The van der Waals surface area contributed by atoms with Gasteiger partial charge in [-0.2, -0.15) is 0 Å². The maximum absolute atomic E-state index is 11.8. The van der Waals surface area contributed by atoms with Gasteiger partial charge in [-0.05, 0) is 12.1 Å². The lowest BCUT2D eigenvalue weighted by Crippen LogP contribution is -2.11. The van der Waals surface area contributed by atoms with Crippen molar-refractivity contribution >= 4 is 10.9 Å². The number of fused-ring (bicyclic) bond motifs is 1. The standard InChI is InChI=1S/C11H11NO2/c13-6-5-8-7-12-10-4-2-1-3-9(10)11(8)14/h1-4,7,13H,5-6H2,(H,12,14). The fourth-order valence-corrected chi connectivity index (χ4v) is 1.52. The Morgan fingerprint density at radius 1 is 1.29 bits per heavy atom. The van der Waals surface area contributed by atoms with Gasteiger partial charge in [0.25, 0.3) is 0 Å². The Morgan fingerprint density at radius 3 is 2.86 bits per heavy atom. The number of hydrogen-bond donors (Lipinski definition) is 2. The van der Waals surface area contributed by atoms with Gasteiger partial charge in [-0.15, -0.1) is 0 Å². The number of aliphatic hydroxyl groups excluding tert-OH is 1. The summed E-state index contributed by atoms with van der Waals surface area (Å²) < 4.78 is 0. The number of para-hydroxylation sites is 1. The predicted octanol–water partition coefficient (Wildman–Crippen LogP) is 1.06.